The van der Waals surface area contributed by atoms with Gasteiger partial charge in [0.2, 0.25) is 0 Å². The lowest BCUT2D eigenvalue weighted by atomic mass is 10.0. The van der Waals surface area contributed by atoms with Gasteiger partial charge in [-0.3, -0.25) is 0 Å². The van der Waals surface area contributed by atoms with Crippen LogP contribution in [-0.4, -0.2) is 19.8 Å². The second-order valence-electron chi connectivity index (χ2n) is 5.51. The molecule has 0 radical (unpaired) electrons. The molecule has 1 aromatic carbocycles. The third kappa shape index (κ3) is 5.96. The largest absolute Gasteiger partial charge is 0.493 e. The summed E-state index contributed by atoms with van der Waals surface area (Å²) in [5.41, 5.74) is 3.93. The van der Waals surface area contributed by atoms with Gasteiger partial charge in [-0.1, -0.05) is 25.8 Å². The molecule has 0 amide bonds. The maximum absolute atomic E-state index is 5.86. The highest BCUT2D eigenvalue weighted by Gasteiger charge is 2.04. The molecule has 0 spiro atoms. The molecular weight excluding hydrogens is 248 g/mol. The van der Waals surface area contributed by atoms with Gasteiger partial charge in [-0.2, -0.15) is 0 Å². The van der Waals surface area contributed by atoms with Crippen LogP contribution in [0.3, 0.4) is 0 Å². The first-order valence-electron chi connectivity index (χ1n) is 7.94. The molecule has 20 heavy (non-hydrogen) atoms. The van der Waals surface area contributed by atoms with Crippen LogP contribution in [0.2, 0.25) is 0 Å². The highest BCUT2D eigenvalue weighted by molar-refractivity contribution is 5.42. The maximum atomic E-state index is 5.86. The molecule has 0 aliphatic heterocycles. The Morgan fingerprint density at radius 2 is 1.45 bits per heavy atom. The molecule has 2 heteroatoms. The Kier molecular flexibility index (Phi) is 8.36. The molecule has 0 saturated heterocycles. The minimum Gasteiger partial charge on any atom is -0.493 e. The van der Waals surface area contributed by atoms with Gasteiger partial charge in [-0.25, -0.2) is 0 Å². The average molecular weight is 278 g/mol. The Labute approximate surface area is 124 Å². The molecule has 2 nitrogen and oxygen atoms in total. The summed E-state index contributed by atoms with van der Waals surface area (Å²) < 4.78 is 11.5. The number of rotatable bonds is 10. The van der Waals surface area contributed by atoms with Crippen molar-refractivity contribution in [2.24, 2.45) is 0 Å². The highest BCUT2D eigenvalue weighted by Crippen LogP contribution is 2.23. The van der Waals surface area contributed by atoms with E-state index in [0.29, 0.717) is 0 Å². The van der Waals surface area contributed by atoms with Crippen molar-refractivity contribution in [1.82, 2.24) is 0 Å². The highest BCUT2D eigenvalue weighted by atomic mass is 16.5. The second-order valence-corrected chi connectivity index (χ2v) is 5.51. The fourth-order valence-electron chi connectivity index (χ4n) is 2.13. The van der Waals surface area contributed by atoms with E-state index in [0.717, 1.165) is 38.4 Å². The molecule has 0 fully saturated rings. The van der Waals surface area contributed by atoms with Crippen molar-refractivity contribution < 1.29 is 9.47 Å². The van der Waals surface area contributed by atoms with E-state index in [4.69, 9.17) is 9.47 Å². The van der Waals surface area contributed by atoms with E-state index in [-0.39, 0.29) is 0 Å². The van der Waals surface area contributed by atoms with Crippen LogP contribution < -0.4 is 4.74 Å². The molecule has 0 atom stereocenters. The lowest BCUT2D eigenvalue weighted by Gasteiger charge is -2.12. The van der Waals surface area contributed by atoms with Crippen molar-refractivity contribution in [3.63, 3.8) is 0 Å². The van der Waals surface area contributed by atoms with E-state index < -0.39 is 0 Å². The number of benzene rings is 1. The molecular formula is C18H30O2. The van der Waals surface area contributed by atoms with Crippen LogP contribution in [0.15, 0.2) is 12.1 Å². The molecule has 0 aliphatic carbocycles. The normalized spacial score (nSPS) is 10.8. The molecule has 0 unspecified atom stereocenters. The summed E-state index contributed by atoms with van der Waals surface area (Å²) in [7, 11) is 0. The predicted octanol–water partition coefficient (Wildman–Crippen LogP) is 4.98. The van der Waals surface area contributed by atoms with E-state index >= 15 is 0 Å². The minimum atomic E-state index is 0.779. The summed E-state index contributed by atoms with van der Waals surface area (Å²) in [6.07, 6.45) is 5.85. The second kappa shape index (κ2) is 9.82. The van der Waals surface area contributed by atoms with Gasteiger partial charge in [0.15, 0.2) is 0 Å². The van der Waals surface area contributed by atoms with Gasteiger partial charge in [0.05, 0.1) is 6.61 Å². The van der Waals surface area contributed by atoms with Crippen molar-refractivity contribution in [2.45, 2.75) is 59.8 Å². The van der Waals surface area contributed by atoms with Crippen LogP contribution in [0.1, 0.15) is 55.7 Å². The number of hydrogen-bond donors (Lipinski definition) is 0. The van der Waals surface area contributed by atoms with Gasteiger partial charge in [-0.05, 0) is 62.8 Å². The topological polar surface area (TPSA) is 18.5 Å². The van der Waals surface area contributed by atoms with Gasteiger partial charge < -0.3 is 9.47 Å². The first-order chi connectivity index (χ1) is 9.66. The Morgan fingerprint density at radius 3 is 2.15 bits per heavy atom. The van der Waals surface area contributed by atoms with E-state index in [9.17, 15) is 0 Å². The lowest BCUT2D eigenvalue weighted by molar-refractivity contribution is 0.122. The van der Waals surface area contributed by atoms with Gasteiger partial charge in [-0.15, -0.1) is 0 Å². The zero-order chi connectivity index (χ0) is 14.8. The number of aryl methyl sites for hydroxylation is 1. The molecule has 1 aromatic rings. The molecule has 0 heterocycles. The number of ether oxygens (including phenoxy) is 2. The van der Waals surface area contributed by atoms with E-state index in [1.54, 1.807) is 0 Å². The Morgan fingerprint density at radius 1 is 0.800 bits per heavy atom. The van der Waals surface area contributed by atoms with Crippen molar-refractivity contribution in [3.8, 4) is 5.75 Å². The summed E-state index contributed by atoms with van der Waals surface area (Å²) in [4.78, 5) is 0. The number of hydrogen-bond acceptors (Lipinski definition) is 2. The standard InChI is InChI=1S/C18H30O2/c1-5-6-7-12-19-13-8-9-14-20-18-11-10-15(2)16(3)17(18)4/h10-11H,5-9,12-14H2,1-4H3. The molecule has 0 aromatic heterocycles. The molecule has 114 valence electrons. The van der Waals surface area contributed by atoms with Crippen molar-refractivity contribution >= 4 is 0 Å². The zero-order valence-electron chi connectivity index (χ0n) is 13.6. The molecule has 0 saturated carbocycles. The minimum absolute atomic E-state index is 0.779. The van der Waals surface area contributed by atoms with Crippen molar-refractivity contribution in [3.05, 3.63) is 28.8 Å². The van der Waals surface area contributed by atoms with Crippen molar-refractivity contribution in [2.75, 3.05) is 19.8 Å². The van der Waals surface area contributed by atoms with E-state index in [1.165, 1.54) is 36.0 Å². The first kappa shape index (κ1) is 17.0. The average Bonchev–Trinajstić information content (AvgIpc) is 2.45. The van der Waals surface area contributed by atoms with Crippen LogP contribution in [0.4, 0.5) is 0 Å². The lowest BCUT2D eigenvalue weighted by Crippen LogP contribution is -2.03. The third-order valence-corrected chi connectivity index (χ3v) is 3.84. The quantitative estimate of drug-likeness (QED) is 0.562. The number of unbranched alkanes of at least 4 members (excludes halogenated alkanes) is 3. The zero-order valence-corrected chi connectivity index (χ0v) is 13.6. The predicted molar refractivity (Wildman–Crippen MR) is 85.7 cm³/mol. The van der Waals surface area contributed by atoms with Gasteiger partial charge in [0.1, 0.15) is 5.75 Å². The van der Waals surface area contributed by atoms with Gasteiger partial charge in [0, 0.05) is 13.2 Å². The molecule has 0 bridgehead atoms. The van der Waals surface area contributed by atoms with Crippen LogP contribution >= 0.6 is 0 Å². The Bertz CT molecular complexity index is 385. The van der Waals surface area contributed by atoms with E-state index in [2.05, 4.69) is 39.8 Å². The van der Waals surface area contributed by atoms with Crippen molar-refractivity contribution in [1.29, 1.82) is 0 Å². The smallest absolute Gasteiger partial charge is 0.122 e. The summed E-state index contributed by atoms with van der Waals surface area (Å²) in [6, 6.07) is 4.22. The SMILES string of the molecule is CCCCCOCCCCOc1ccc(C)c(C)c1C. The van der Waals surface area contributed by atoms with E-state index in [1.807, 2.05) is 0 Å². The third-order valence-electron chi connectivity index (χ3n) is 3.84. The summed E-state index contributed by atoms with van der Waals surface area (Å²) >= 11 is 0. The van der Waals surface area contributed by atoms with Crippen LogP contribution in [0.5, 0.6) is 5.75 Å². The van der Waals surface area contributed by atoms with Crippen LogP contribution in [0.25, 0.3) is 0 Å². The molecule has 0 aliphatic rings. The fraction of sp³-hybridized carbons (Fsp3) is 0.667. The maximum Gasteiger partial charge on any atom is 0.122 e. The fourth-order valence-corrected chi connectivity index (χ4v) is 2.13. The summed E-state index contributed by atoms with van der Waals surface area (Å²) in [5, 5.41) is 0. The Balaban J connectivity index is 2.11. The summed E-state index contributed by atoms with van der Waals surface area (Å²) in [6.45, 7) is 11.2. The van der Waals surface area contributed by atoms with Gasteiger partial charge in [0.25, 0.3) is 0 Å². The molecule has 0 N–H and O–H groups in total. The monoisotopic (exact) mass is 278 g/mol. The Hall–Kier alpha value is -1.02. The van der Waals surface area contributed by atoms with Crippen LogP contribution in [-0.2, 0) is 4.74 Å². The molecule has 1 rings (SSSR count). The summed E-state index contributed by atoms with van der Waals surface area (Å²) in [5.74, 6) is 1.02. The first-order valence-corrected chi connectivity index (χ1v) is 7.94. The van der Waals surface area contributed by atoms with Crippen LogP contribution in [0, 0.1) is 20.8 Å². The van der Waals surface area contributed by atoms with Gasteiger partial charge >= 0.3 is 0 Å².